The largest absolute Gasteiger partial charge is 0.393 e. The fourth-order valence-corrected chi connectivity index (χ4v) is 1.72. The Hall–Kier alpha value is -0.730. The van der Waals surface area contributed by atoms with Gasteiger partial charge in [0.05, 0.1) is 12.1 Å². The van der Waals surface area contributed by atoms with Crippen molar-refractivity contribution in [3.63, 3.8) is 0 Å². The molecule has 68 valence electrons. The molecule has 12 heavy (non-hydrogen) atoms. The summed E-state index contributed by atoms with van der Waals surface area (Å²) in [5.41, 5.74) is 8.46. The van der Waals surface area contributed by atoms with E-state index in [0.717, 1.165) is 19.3 Å². The summed E-state index contributed by atoms with van der Waals surface area (Å²) in [6, 6.07) is -0.223. The second-order valence-electron chi connectivity index (χ2n) is 4.25. The summed E-state index contributed by atoms with van der Waals surface area (Å²) in [5, 5.41) is 13.1. The van der Waals surface area contributed by atoms with Crippen LogP contribution in [-0.2, 0) is 0 Å². The van der Waals surface area contributed by atoms with Crippen LogP contribution >= 0.6 is 0 Å². The standard InChI is InChI=1S/C8H15N3O/c1-8(2)4-3-7(12)6(5-8)10-11-9/h6-7,12H,3-5H2,1-2H3. The highest BCUT2D eigenvalue weighted by Gasteiger charge is 2.32. The van der Waals surface area contributed by atoms with Crippen molar-refractivity contribution >= 4 is 0 Å². The molecule has 1 aliphatic carbocycles. The van der Waals surface area contributed by atoms with Crippen LogP contribution in [-0.4, -0.2) is 17.3 Å². The highest BCUT2D eigenvalue weighted by molar-refractivity contribution is 4.89. The monoisotopic (exact) mass is 169 g/mol. The molecule has 4 heteroatoms. The Morgan fingerprint density at radius 1 is 1.58 bits per heavy atom. The predicted octanol–water partition coefficient (Wildman–Crippen LogP) is 2.24. The van der Waals surface area contributed by atoms with E-state index in [1.165, 1.54) is 0 Å². The van der Waals surface area contributed by atoms with Crippen molar-refractivity contribution in [2.45, 2.75) is 45.3 Å². The van der Waals surface area contributed by atoms with Gasteiger partial charge < -0.3 is 5.11 Å². The number of rotatable bonds is 1. The van der Waals surface area contributed by atoms with Gasteiger partial charge in [0.25, 0.3) is 0 Å². The van der Waals surface area contributed by atoms with Gasteiger partial charge in [-0.25, -0.2) is 0 Å². The molecule has 0 aliphatic heterocycles. The Kier molecular flexibility index (Phi) is 2.60. The third-order valence-corrected chi connectivity index (χ3v) is 2.52. The van der Waals surface area contributed by atoms with Crippen LogP contribution in [0.5, 0.6) is 0 Å². The molecule has 0 saturated heterocycles. The van der Waals surface area contributed by atoms with Crippen molar-refractivity contribution in [3.05, 3.63) is 10.4 Å². The van der Waals surface area contributed by atoms with Crippen LogP contribution in [0.25, 0.3) is 10.4 Å². The minimum atomic E-state index is -0.436. The first-order valence-electron chi connectivity index (χ1n) is 4.27. The first-order valence-corrected chi connectivity index (χ1v) is 4.27. The van der Waals surface area contributed by atoms with Gasteiger partial charge in [-0.15, -0.1) is 0 Å². The van der Waals surface area contributed by atoms with Crippen LogP contribution in [0.2, 0.25) is 0 Å². The summed E-state index contributed by atoms with van der Waals surface area (Å²) >= 11 is 0. The Bertz CT molecular complexity index is 208. The van der Waals surface area contributed by atoms with Gasteiger partial charge >= 0.3 is 0 Å². The van der Waals surface area contributed by atoms with Crippen molar-refractivity contribution in [1.29, 1.82) is 0 Å². The second-order valence-corrected chi connectivity index (χ2v) is 4.25. The smallest absolute Gasteiger partial charge is 0.0638 e. The average Bonchev–Trinajstić information content (AvgIpc) is 1.97. The molecular formula is C8H15N3O. The van der Waals surface area contributed by atoms with Crippen molar-refractivity contribution in [1.82, 2.24) is 0 Å². The molecule has 0 spiro atoms. The van der Waals surface area contributed by atoms with Gasteiger partial charge in [0, 0.05) is 4.91 Å². The van der Waals surface area contributed by atoms with E-state index in [2.05, 4.69) is 23.9 Å². The van der Waals surface area contributed by atoms with Crippen molar-refractivity contribution < 1.29 is 5.11 Å². The quantitative estimate of drug-likeness (QED) is 0.365. The maximum atomic E-state index is 9.47. The van der Waals surface area contributed by atoms with E-state index >= 15 is 0 Å². The van der Waals surface area contributed by atoms with Crippen LogP contribution in [0.1, 0.15) is 33.1 Å². The lowest BCUT2D eigenvalue weighted by atomic mass is 9.74. The van der Waals surface area contributed by atoms with Crippen LogP contribution in [0.15, 0.2) is 5.11 Å². The molecule has 1 N–H and O–H groups in total. The zero-order valence-electron chi connectivity index (χ0n) is 7.56. The fourth-order valence-electron chi connectivity index (χ4n) is 1.72. The molecule has 1 saturated carbocycles. The molecule has 0 bridgehead atoms. The maximum absolute atomic E-state index is 9.47. The molecule has 0 aromatic carbocycles. The van der Waals surface area contributed by atoms with Crippen molar-refractivity contribution in [3.8, 4) is 0 Å². The number of nitrogens with zero attached hydrogens (tertiary/aromatic N) is 3. The third-order valence-electron chi connectivity index (χ3n) is 2.52. The topological polar surface area (TPSA) is 69.0 Å². The van der Waals surface area contributed by atoms with E-state index in [-0.39, 0.29) is 11.5 Å². The summed E-state index contributed by atoms with van der Waals surface area (Å²) in [5.74, 6) is 0. The van der Waals surface area contributed by atoms with Gasteiger partial charge in [-0.05, 0) is 30.2 Å². The Morgan fingerprint density at radius 2 is 2.25 bits per heavy atom. The minimum Gasteiger partial charge on any atom is -0.393 e. The lowest BCUT2D eigenvalue weighted by Crippen LogP contribution is -2.35. The predicted molar refractivity (Wildman–Crippen MR) is 46.6 cm³/mol. The van der Waals surface area contributed by atoms with Gasteiger partial charge in [-0.3, -0.25) is 0 Å². The van der Waals surface area contributed by atoms with Gasteiger partial charge in [0.1, 0.15) is 0 Å². The van der Waals surface area contributed by atoms with Crippen molar-refractivity contribution in [2.75, 3.05) is 0 Å². The zero-order chi connectivity index (χ0) is 9.19. The number of azide groups is 1. The van der Waals surface area contributed by atoms with E-state index in [4.69, 9.17) is 5.53 Å². The van der Waals surface area contributed by atoms with Crippen LogP contribution < -0.4 is 0 Å². The van der Waals surface area contributed by atoms with E-state index in [1.54, 1.807) is 0 Å². The number of aliphatic hydroxyl groups excluding tert-OH is 1. The summed E-state index contributed by atoms with van der Waals surface area (Å²) in [6.45, 7) is 4.28. The van der Waals surface area contributed by atoms with E-state index in [0.29, 0.717) is 0 Å². The number of aliphatic hydroxyl groups is 1. The summed E-state index contributed by atoms with van der Waals surface area (Å²) in [4.78, 5) is 2.74. The molecule has 0 heterocycles. The van der Waals surface area contributed by atoms with E-state index in [9.17, 15) is 5.11 Å². The molecule has 0 aromatic rings. The van der Waals surface area contributed by atoms with E-state index < -0.39 is 6.10 Å². The van der Waals surface area contributed by atoms with Gasteiger partial charge in [-0.1, -0.05) is 19.0 Å². The molecule has 4 nitrogen and oxygen atoms in total. The number of hydrogen-bond donors (Lipinski definition) is 1. The molecule has 1 fully saturated rings. The highest BCUT2D eigenvalue weighted by atomic mass is 16.3. The molecule has 0 aromatic heterocycles. The second kappa shape index (κ2) is 3.33. The molecule has 2 unspecified atom stereocenters. The Labute approximate surface area is 72.2 Å². The lowest BCUT2D eigenvalue weighted by Gasteiger charge is -2.36. The zero-order valence-corrected chi connectivity index (χ0v) is 7.56. The first kappa shape index (κ1) is 9.36. The molecular weight excluding hydrogens is 154 g/mol. The molecule has 0 amide bonds. The summed E-state index contributed by atoms with van der Waals surface area (Å²) in [7, 11) is 0. The first-order chi connectivity index (χ1) is 5.55. The van der Waals surface area contributed by atoms with Crippen molar-refractivity contribution in [2.24, 2.45) is 10.5 Å². The third kappa shape index (κ3) is 2.13. The fraction of sp³-hybridized carbons (Fsp3) is 1.00. The molecule has 0 radical (unpaired) electrons. The molecule has 2 atom stereocenters. The van der Waals surface area contributed by atoms with Crippen LogP contribution in [0, 0.1) is 5.41 Å². The number of hydrogen-bond acceptors (Lipinski definition) is 2. The van der Waals surface area contributed by atoms with E-state index in [1.807, 2.05) is 0 Å². The lowest BCUT2D eigenvalue weighted by molar-refractivity contribution is 0.0593. The Morgan fingerprint density at radius 3 is 2.83 bits per heavy atom. The van der Waals surface area contributed by atoms with Crippen LogP contribution in [0.4, 0.5) is 0 Å². The average molecular weight is 169 g/mol. The highest BCUT2D eigenvalue weighted by Crippen LogP contribution is 2.36. The molecule has 1 rings (SSSR count). The SMILES string of the molecule is CC1(C)CCC(O)C(N=[N+]=[N-])C1. The summed E-state index contributed by atoms with van der Waals surface area (Å²) < 4.78 is 0. The van der Waals surface area contributed by atoms with Gasteiger partial charge in [-0.2, -0.15) is 0 Å². The minimum absolute atomic E-state index is 0.206. The summed E-state index contributed by atoms with van der Waals surface area (Å²) in [6.07, 6.45) is 2.11. The normalized spacial score (nSPS) is 33.9. The Balaban J connectivity index is 2.65. The van der Waals surface area contributed by atoms with Gasteiger partial charge in [0.15, 0.2) is 0 Å². The maximum Gasteiger partial charge on any atom is 0.0638 e. The molecule has 1 aliphatic rings. The van der Waals surface area contributed by atoms with Gasteiger partial charge in [0.2, 0.25) is 0 Å². The van der Waals surface area contributed by atoms with Crippen LogP contribution in [0.3, 0.4) is 0 Å².